The Bertz CT molecular complexity index is 1050. The lowest BCUT2D eigenvalue weighted by Crippen LogP contribution is -2.57. The predicted octanol–water partition coefficient (Wildman–Crippen LogP) is 3.23. The van der Waals surface area contributed by atoms with Crippen molar-refractivity contribution in [3.8, 4) is 11.1 Å². The van der Waals surface area contributed by atoms with Crippen molar-refractivity contribution in [1.29, 1.82) is 0 Å². The molecule has 3 aromatic rings. The number of aromatic nitrogens is 1. The molecule has 1 N–H and O–H groups in total. The van der Waals surface area contributed by atoms with Gasteiger partial charge < -0.3 is 9.84 Å². The van der Waals surface area contributed by atoms with Crippen LogP contribution in [0.2, 0.25) is 0 Å². The third-order valence-corrected chi connectivity index (χ3v) is 6.36. The molecular formula is C24H25N3O2. The van der Waals surface area contributed by atoms with Crippen molar-refractivity contribution in [2.45, 2.75) is 25.8 Å². The maximum Gasteiger partial charge on any atom is 0.166 e. The first-order valence-corrected chi connectivity index (χ1v) is 10.2. The highest BCUT2D eigenvalue weighted by Crippen LogP contribution is 2.46. The van der Waals surface area contributed by atoms with E-state index in [1.807, 2.05) is 32.0 Å². The van der Waals surface area contributed by atoms with Crippen LogP contribution in [0.1, 0.15) is 28.1 Å². The van der Waals surface area contributed by atoms with Crippen LogP contribution in [0, 0.1) is 13.8 Å². The summed E-state index contributed by atoms with van der Waals surface area (Å²) in [6, 6.07) is 16.7. The number of fused-ring (bicyclic) bond motifs is 1. The van der Waals surface area contributed by atoms with Gasteiger partial charge in [0.05, 0.1) is 5.69 Å². The van der Waals surface area contributed by atoms with Gasteiger partial charge >= 0.3 is 0 Å². The van der Waals surface area contributed by atoms with Crippen LogP contribution < -0.4 is 5.32 Å². The smallest absolute Gasteiger partial charge is 0.166 e. The fraction of sp³-hybridized carbons (Fsp3) is 0.333. The van der Waals surface area contributed by atoms with E-state index >= 15 is 0 Å². The Balaban J connectivity index is 1.75. The summed E-state index contributed by atoms with van der Waals surface area (Å²) in [6.45, 7) is 7.37. The first-order valence-electron chi connectivity index (χ1n) is 10.2. The second-order valence-electron chi connectivity index (χ2n) is 7.98. The van der Waals surface area contributed by atoms with Crippen molar-refractivity contribution >= 4 is 5.78 Å². The molecule has 1 aromatic heterocycles. The fourth-order valence-corrected chi connectivity index (χ4v) is 5.09. The van der Waals surface area contributed by atoms with Crippen LogP contribution in [-0.2, 0) is 16.8 Å². The predicted molar refractivity (Wildman–Crippen MR) is 112 cm³/mol. The Labute approximate surface area is 170 Å². The Morgan fingerprint density at radius 1 is 1.07 bits per heavy atom. The number of ketones is 1. The number of benzene rings is 2. The molecule has 5 nitrogen and oxygen atoms in total. The highest BCUT2D eigenvalue weighted by molar-refractivity contribution is 6.00. The monoisotopic (exact) mass is 387 g/mol. The van der Waals surface area contributed by atoms with Crippen molar-refractivity contribution in [1.82, 2.24) is 15.4 Å². The zero-order chi connectivity index (χ0) is 20.0. The number of aryl methyl sites for hydroxylation is 2. The maximum absolute atomic E-state index is 13.7. The average molecular weight is 387 g/mol. The van der Waals surface area contributed by atoms with Gasteiger partial charge in [-0.15, -0.1) is 0 Å². The number of hydrogen-bond acceptors (Lipinski definition) is 5. The van der Waals surface area contributed by atoms with E-state index in [1.165, 1.54) is 0 Å². The summed E-state index contributed by atoms with van der Waals surface area (Å²) in [6.07, 6.45) is 0.468. The molecule has 5 heteroatoms. The molecule has 1 aliphatic carbocycles. The standard InChI is InChI=1S/C24H25N3O2/c1-16-23(17(2)29-26-16)19-9-8-18-15-22(28)24(21(18)14-19,20-6-4-3-5-7-20)27-12-10-25-11-13-27/h3-9,14,25H,10-13,15H2,1-2H3. The molecule has 5 rings (SSSR count). The molecule has 1 aliphatic heterocycles. The Kier molecular flexibility index (Phi) is 4.37. The molecule has 1 unspecified atom stereocenters. The van der Waals surface area contributed by atoms with E-state index in [9.17, 15) is 4.79 Å². The lowest BCUT2D eigenvalue weighted by molar-refractivity contribution is -0.127. The maximum atomic E-state index is 13.7. The summed E-state index contributed by atoms with van der Waals surface area (Å²) < 4.78 is 5.41. The summed E-state index contributed by atoms with van der Waals surface area (Å²) in [5.74, 6) is 1.07. The van der Waals surface area contributed by atoms with Crippen LogP contribution >= 0.6 is 0 Å². The van der Waals surface area contributed by atoms with Gasteiger partial charge in [0.25, 0.3) is 0 Å². The topological polar surface area (TPSA) is 58.4 Å². The lowest BCUT2D eigenvalue weighted by atomic mass is 9.80. The molecular weight excluding hydrogens is 362 g/mol. The highest BCUT2D eigenvalue weighted by atomic mass is 16.5. The van der Waals surface area contributed by atoms with Gasteiger partial charge in [-0.3, -0.25) is 9.69 Å². The van der Waals surface area contributed by atoms with Crippen LogP contribution in [-0.4, -0.2) is 42.0 Å². The lowest BCUT2D eigenvalue weighted by Gasteiger charge is -2.43. The number of nitrogens with one attached hydrogen (secondary N) is 1. The van der Waals surface area contributed by atoms with E-state index in [4.69, 9.17) is 4.52 Å². The van der Waals surface area contributed by atoms with Gasteiger partial charge in [0.15, 0.2) is 5.78 Å². The van der Waals surface area contributed by atoms with Crippen molar-refractivity contribution in [2.75, 3.05) is 26.2 Å². The normalized spacial score (nSPS) is 22.1. The van der Waals surface area contributed by atoms with Crippen molar-refractivity contribution in [2.24, 2.45) is 0 Å². The van der Waals surface area contributed by atoms with Crippen molar-refractivity contribution in [3.63, 3.8) is 0 Å². The summed E-state index contributed by atoms with van der Waals surface area (Å²) in [7, 11) is 0. The van der Waals surface area contributed by atoms with E-state index in [0.29, 0.717) is 6.42 Å². The molecule has 2 aliphatic rings. The van der Waals surface area contributed by atoms with Crippen LogP contribution in [0.15, 0.2) is 53.1 Å². The minimum Gasteiger partial charge on any atom is -0.361 e. The minimum absolute atomic E-state index is 0.261. The van der Waals surface area contributed by atoms with Gasteiger partial charge in [-0.2, -0.15) is 0 Å². The molecule has 0 amide bonds. The molecule has 1 saturated heterocycles. The molecule has 148 valence electrons. The van der Waals surface area contributed by atoms with E-state index < -0.39 is 5.54 Å². The molecule has 0 bridgehead atoms. The number of piperazine rings is 1. The number of Topliss-reactive ketones (excluding diaryl/α,β-unsaturated/α-hetero) is 1. The van der Waals surface area contributed by atoms with Crippen LogP contribution in [0.3, 0.4) is 0 Å². The highest BCUT2D eigenvalue weighted by Gasteiger charge is 2.52. The van der Waals surface area contributed by atoms with Crippen molar-refractivity contribution in [3.05, 3.63) is 76.7 Å². The number of carbonyl (C=O) groups excluding carboxylic acids is 1. The van der Waals surface area contributed by atoms with Crippen LogP contribution in [0.4, 0.5) is 0 Å². The average Bonchev–Trinajstić information content (AvgIpc) is 3.24. The molecule has 0 radical (unpaired) electrons. The molecule has 1 fully saturated rings. The molecule has 0 saturated carbocycles. The number of carbonyl (C=O) groups is 1. The second kappa shape index (κ2) is 6.94. The van der Waals surface area contributed by atoms with Crippen LogP contribution in [0.25, 0.3) is 11.1 Å². The molecule has 0 spiro atoms. The molecule has 2 heterocycles. The van der Waals surface area contributed by atoms with E-state index in [-0.39, 0.29) is 5.78 Å². The van der Waals surface area contributed by atoms with Gasteiger partial charge in [0.1, 0.15) is 11.3 Å². The van der Waals surface area contributed by atoms with E-state index in [2.05, 4.69) is 45.7 Å². The largest absolute Gasteiger partial charge is 0.361 e. The quantitative estimate of drug-likeness (QED) is 0.748. The van der Waals surface area contributed by atoms with Gasteiger partial charge in [-0.1, -0.05) is 47.6 Å². The Morgan fingerprint density at radius 2 is 1.83 bits per heavy atom. The number of hydrogen-bond donors (Lipinski definition) is 1. The summed E-state index contributed by atoms with van der Waals surface area (Å²) >= 11 is 0. The van der Waals surface area contributed by atoms with Gasteiger partial charge in [0, 0.05) is 38.2 Å². The van der Waals surface area contributed by atoms with Gasteiger partial charge in [-0.25, -0.2) is 0 Å². The van der Waals surface area contributed by atoms with Crippen molar-refractivity contribution < 1.29 is 9.32 Å². The van der Waals surface area contributed by atoms with Gasteiger partial charge in [-0.05, 0) is 42.2 Å². The summed E-state index contributed by atoms with van der Waals surface area (Å²) in [4.78, 5) is 16.1. The SMILES string of the molecule is Cc1noc(C)c1-c1ccc2c(c1)C(c1ccccc1)(N1CCNCC1)C(=O)C2. The van der Waals surface area contributed by atoms with E-state index in [0.717, 1.165) is 65.5 Å². The molecule has 2 aromatic carbocycles. The summed E-state index contributed by atoms with van der Waals surface area (Å²) in [5.41, 5.74) is 5.51. The third-order valence-electron chi connectivity index (χ3n) is 6.36. The Morgan fingerprint density at radius 3 is 2.52 bits per heavy atom. The number of rotatable bonds is 3. The fourth-order valence-electron chi connectivity index (χ4n) is 5.09. The zero-order valence-corrected chi connectivity index (χ0v) is 16.9. The Hall–Kier alpha value is -2.76. The first kappa shape index (κ1) is 18.3. The molecule has 29 heavy (non-hydrogen) atoms. The zero-order valence-electron chi connectivity index (χ0n) is 16.9. The number of nitrogens with zero attached hydrogens (tertiary/aromatic N) is 2. The first-order chi connectivity index (χ1) is 14.1. The van der Waals surface area contributed by atoms with Gasteiger partial charge in [0.2, 0.25) is 0 Å². The summed E-state index contributed by atoms with van der Waals surface area (Å²) in [5, 5.41) is 7.55. The second-order valence-corrected chi connectivity index (χ2v) is 7.98. The molecule has 1 atom stereocenters. The van der Waals surface area contributed by atoms with Crippen LogP contribution in [0.5, 0.6) is 0 Å². The minimum atomic E-state index is -0.728. The third kappa shape index (κ3) is 2.69. The van der Waals surface area contributed by atoms with E-state index in [1.54, 1.807) is 0 Å².